The van der Waals surface area contributed by atoms with Gasteiger partial charge in [0.15, 0.2) is 0 Å². The first-order valence-corrected chi connectivity index (χ1v) is 8.76. The van der Waals surface area contributed by atoms with E-state index in [0.29, 0.717) is 36.7 Å². The van der Waals surface area contributed by atoms with Gasteiger partial charge in [-0.3, -0.25) is 0 Å². The second-order valence-electron chi connectivity index (χ2n) is 5.72. The molecule has 0 amide bonds. The Labute approximate surface area is 126 Å². The summed E-state index contributed by atoms with van der Waals surface area (Å²) < 4.78 is 40.6. The fourth-order valence-electron chi connectivity index (χ4n) is 2.29. The second-order valence-corrected chi connectivity index (χ2v) is 7.77. The van der Waals surface area contributed by atoms with E-state index < -0.39 is 10.0 Å². The zero-order valence-corrected chi connectivity index (χ0v) is 13.6. The first-order valence-electron chi connectivity index (χ1n) is 7.32. The zero-order valence-electron chi connectivity index (χ0n) is 12.8. The van der Waals surface area contributed by atoms with Crippen molar-refractivity contribution in [3.05, 3.63) is 29.1 Å². The quantitative estimate of drug-likeness (QED) is 0.840. The van der Waals surface area contributed by atoms with E-state index in [-0.39, 0.29) is 10.7 Å². The Bertz CT molecular complexity index is 612. The first-order chi connectivity index (χ1) is 9.86. The summed E-state index contributed by atoms with van der Waals surface area (Å²) in [4.78, 5) is 0.178. The lowest BCUT2D eigenvalue weighted by Crippen LogP contribution is -2.29. The number of nitrogens with zero attached hydrogens (tertiary/aromatic N) is 1. The molecular weight excluding hydrogens is 291 g/mol. The van der Waals surface area contributed by atoms with Crippen LogP contribution in [0.25, 0.3) is 0 Å². The van der Waals surface area contributed by atoms with Gasteiger partial charge < -0.3 is 5.32 Å². The molecule has 0 spiro atoms. The maximum Gasteiger partial charge on any atom is 0.242 e. The molecule has 0 saturated heterocycles. The molecule has 0 aromatic heterocycles. The van der Waals surface area contributed by atoms with Gasteiger partial charge in [0.25, 0.3) is 0 Å². The molecule has 1 saturated carbocycles. The van der Waals surface area contributed by atoms with E-state index >= 15 is 0 Å². The van der Waals surface area contributed by atoms with Crippen molar-refractivity contribution < 1.29 is 12.8 Å². The minimum atomic E-state index is -3.54. The smallest absolute Gasteiger partial charge is 0.242 e. The molecule has 0 radical (unpaired) electrons. The second kappa shape index (κ2) is 6.42. The molecule has 0 aliphatic heterocycles. The molecule has 0 unspecified atom stereocenters. The van der Waals surface area contributed by atoms with Crippen LogP contribution in [0, 0.1) is 18.7 Å². The maximum absolute atomic E-state index is 14.1. The summed E-state index contributed by atoms with van der Waals surface area (Å²) in [5.41, 5.74) is 0.763. The van der Waals surface area contributed by atoms with E-state index in [1.807, 2.05) is 6.92 Å². The molecule has 0 heterocycles. The lowest BCUT2D eigenvalue weighted by atomic mass is 10.1. The topological polar surface area (TPSA) is 49.4 Å². The molecule has 0 bridgehead atoms. The molecule has 1 fully saturated rings. The van der Waals surface area contributed by atoms with E-state index in [9.17, 15) is 12.8 Å². The Hall–Kier alpha value is -0.980. The monoisotopic (exact) mass is 314 g/mol. The normalized spacial score (nSPS) is 15.7. The van der Waals surface area contributed by atoms with Gasteiger partial charge in [0.1, 0.15) is 5.82 Å². The minimum Gasteiger partial charge on any atom is -0.313 e. The van der Waals surface area contributed by atoms with Crippen LogP contribution in [0.1, 0.15) is 30.9 Å². The van der Waals surface area contributed by atoms with Gasteiger partial charge in [-0.25, -0.2) is 17.1 Å². The average Bonchev–Trinajstić information content (AvgIpc) is 3.24. The summed E-state index contributed by atoms with van der Waals surface area (Å²) in [7, 11) is -1.95. The summed E-state index contributed by atoms with van der Waals surface area (Å²) in [6, 6.07) is 2.87. The van der Waals surface area contributed by atoms with Crippen LogP contribution in [-0.2, 0) is 16.6 Å². The third-order valence-corrected chi connectivity index (χ3v) is 5.59. The van der Waals surface area contributed by atoms with Gasteiger partial charge in [-0.05, 0) is 49.9 Å². The molecule has 2 rings (SSSR count). The van der Waals surface area contributed by atoms with E-state index in [0.717, 1.165) is 12.8 Å². The highest BCUT2D eigenvalue weighted by molar-refractivity contribution is 7.89. The molecule has 1 aromatic carbocycles. The van der Waals surface area contributed by atoms with Crippen molar-refractivity contribution in [2.75, 3.05) is 20.1 Å². The van der Waals surface area contributed by atoms with Crippen molar-refractivity contribution >= 4 is 10.0 Å². The van der Waals surface area contributed by atoms with Crippen LogP contribution in [0.4, 0.5) is 4.39 Å². The molecule has 1 N–H and O–H groups in total. The third-order valence-electron chi connectivity index (χ3n) is 3.79. The predicted octanol–water partition coefficient (Wildman–Crippen LogP) is 2.27. The van der Waals surface area contributed by atoms with Gasteiger partial charge in [-0.15, -0.1) is 0 Å². The van der Waals surface area contributed by atoms with Crippen LogP contribution in [0.15, 0.2) is 17.0 Å². The highest BCUT2D eigenvalue weighted by Crippen LogP contribution is 2.31. The van der Waals surface area contributed by atoms with Crippen molar-refractivity contribution in [2.24, 2.45) is 5.92 Å². The van der Waals surface area contributed by atoms with Gasteiger partial charge in [-0.1, -0.05) is 6.92 Å². The summed E-state index contributed by atoms with van der Waals surface area (Å²) >= 11 is 0. The minimum absolute atomic E-state index is 0.178. The van der Waals surface area contributed by atoms with Crippen LogP contribution in [0.2, 0.25) is 0 Å². The van der Waals surface area contributed by atoms with E-state index in [2.05, 4.69) is 5.32 Å². The maximum atomic E-state index is 14.1. The summed E-state index contributed by atoms with van der Waals surface area (Å²) in [6.07, 6.45) is 2.18. The zero-order chi connectivity index (χ0) is 15.6. The molecule has 1 aromatic rings. The Morgan fingerprint density at radius 3 is 2.62 bits per heavy atom. The Morgan fingerprint density at radius 1 is 1.38 bits per heavy atom. The average molecular weight is 314 g/mol. The number of hydrogen-bond donors (Lipinski definition) is 1. The summed E-state index contributed by atoms with van der Waals surface area (Å²) in [5.74, 6) is 0.146. The van der Waals surface area contributed by atoms with Crippen LogP contribution in [0.3, 0.4) is 0 Å². The van der Waals surface area contributed by atoms with E-state index in [4.69, 9.17) is 0 Å². The summed E-state index contributed by atoms with van der Waals surface area (Å²) in [6.45, 7) is 5.11. The first kappa shape index (κ1) is 16.4. The third kappa shape index (κ3) is 3.81. The molecule has 6 heteroatoms. The lowest BCUT2D eigenvalue weighted by molar-refractivity contribution is 0.452. The van der Waals surface area contributed by atoms with Crippen LogP contribution >= 0.6 is 0 Å². The van der Waals surface area contributed by atoms with E-state index in [1.54, 1.807) is 14.0 Å². The van der Waals surface area contributed by atoms with Gasteiger partial charge in [0, 0.05) is 25.7 Å². The molecular formula is C15H23FN2O2S. The fraction of sp³-hybridized carbons (Fsp3) is 0.600. The Morgan fingerprint density at radius 2 is 2.05 bits per heavy atom. The molecule has 0 atom stereocenters. The molecule has 118 valence electrons. The number of aryl methyl sites for hydroxylation is 1. The Balaban J connectivity index is 2.30. The highest BCUT2D eigenvalue weighted by atomic mass is 32.2. The fourth-order valence-corrected chi connectivity index (χ4v) is 3.67. The lowest BCUT2D eigenvalue weighted by Gasteiger charge is -2.18. The van der Waals surface area contributed by atoms with Crippen molar-refractivity contribution in [1.82, 2.24) is 9.62 Å². The van der Waals surface area contributed by atoms with E-state index in [1.165, 1.54) is 16.4 Å². The van der Waals surface area contributed by atoms with Crippen molar-refractivity contribution in [2.45, 2.75) is 38.1 Å². The van der Waals surface area contributed by atoms with Crippen LogP contribution < -0.4 is 5.32 Å². The largest absolute Gasteiger partial charge is 0.313 e. The van der Waals surface area contributed by atoms with Gasteiger partial charge in [0.2, 0.25) is 10.0 Å². The van der Waals surface area contributed by atoms with Gasteiger partial charge >= 0.3 is 0 Å². The van der Waals surface area contributed by atoms with Crippen molar-refractivity contribution in [3.63, 3.8) is 0 Å². The number of halogens is 1. The van der Waals surface area contributed by atoms with Gasteiger partial charge in [-0.2, -0.15) is 0 Å². The number of benzene rings is 1. The molecule has 1 aliphatic rings. The van der Waals surface area contributed by atoms with Crippen LogP contribution in [0.5, 0.6) is 0 Å². The number of sulfonamides is 1. The highest BCUT2D eigenvalue weighted by Gasteiger charge is 2.29. The number of rotatable bonds is 7. The number of hydrogen-bond acceptors (Lipinski definition) is 3. The summed E-state index contributed by atoms with van der Waals surface area (Å²) in [5, 5.41) is 3.03. The molecule has 1 aliphatic carbocycles. The number of nitrogens with one attached hydrogen (secondary N) is 1. The Kier molecular flexibility index (Phi) is 5.01. The SMILES string of the molecule is CCNCc1cc(S(=O)(=O)N(C)CC2CC2)cc(C)c1F. The molecule has 4 nitrogen and oxygen atoms in total. The van der Waals surface area contributed by atoms with Crippen molar-refractivity contribution in [1.29, 1.82) is 0 Å². The predicted molar refractivity (Wildman–Crippen MR) is 81.1 cm³/mol. The standard InChI is InChI=1S/C15H23FN2O2S/c1-4-17-9-13-8-14(7-11(2)15(13)16)21(19,20)18(3)10-12-5-6-12/h7-8,12,17H,4-6,9-10H2,1-3H3. The van der Waals surface area contributed by atoms with Crippen molar-refractivity contribution in [3.8, 4) is 0 Å². The van der Waals surface area contributed by atoms with Crippen LogP contribution in [-0.4, -0.2) is 32.9 Å². The molecule has 21 heavy (non-hydrogen) atoms. The van der Waals surface area contributed by atoms with Gasteiger partial charge in [0.05, 0.1) is 4.90 Å².